The Kier molecular flexibility index (Phi) is 5.52. The van der Waals surface area contributed by atoms with Crippen LogP contribution in [-0.2, 0) is 0 Å². The second kappa shape index (κ2) is 7.38. The Hall–Kier alpha value is -1.66. The van der Waals surface area contributed by atoms with Crippen LogP contribution in [0.4, 0.5) is 4.39 Å². The minimum absolute atomic E-state index is 0.0774. The highest BCUT2D eigenvalue weighted by Crippen LogP contribution is 2.23. The Morgan fingerprint density at radius 2 is 2.38 bits per heavy atom. The van der Waals surface area contributed by atoms with Crippen molar-refractivity contribution in [3.05, 3.63) is 29.6 Å². The number of benzene rings is 1. The van der Waals surface area contributed by atoms with E-state index in [1.54, 1.807) is 6.07 Å². The van der Waals surface area contributed by atoms with Crippen molar-refractivity contribution >= 4 is 5.91 Å². The Bertz CT molecular complexity index is 490. The van der Waals surface area contributed by atoms with E-state index in [4.69, 9.17) is 9.84 Å². The van der Waals surface area contributed by atoms with Gasteiger partial charge in [0, 0.05) is 19.1 Å². The lowest BCUT2D eigenvalue weighted by atomic mass is 10.1. The van der Waals surface area contributed by atoms with E-state index in [0.29, 0.717) is 6.54 Å². The van der Waals surface area contributed by atoms with Crippen LogP contribution in [0.5, 0.6) is 5.75 Å². The third-order valence-electron chi connectivity index (χ3n) is 3.67. The van der Waals surface area contributed by atoms with Gasteiger partial charge in [-0.05, 0) is 31.5 Å². The minimum atomic E-state index is -0.610. The highest BCUT2D eigenvalue weighted by atomic mass is 19.1. The van der Waals surface area contributed by atoms with Crippen LogP contribution in [-0.4, -0.2) is 55.3 Å². The predicted octanol–water partition coefficient (Wildman–Crippen LogP) is 1.02. The molecule has 0 aromatic heterocycles. The molecule has 6 heteroatoms. The lowest BCUT2D eigenvalue weighted by Gasteiger charge is -2.26. The topological polar surface area (TPSA) is 61.8 Å². The van der Waals surface area contributed by atoms with Gasteiger partial charge in [0.05, 0.1) is 13.7 Å². The fourth-order valence-electron chi connectivity index (χ4n) is 2.62. The van der Waals surface area contributed by atoms with Gasteiger partial charge in [0.25, 0.3) is 5.91 Å². The van der Waals surface area contributed by atoms with Gasteiger partial charge in [-0.25, -0.2) is 4.39 Å². The van der Waals surface area contributed by atoms with Crippen molar-refractivity contribution in [2.75, 3.05) is 33.4 Å². The zero-order valence-corrected chi connectivity index (χ0v) is 12.1. The van der Waals surface area contributed by atoms with Gasteiger partial charge >= 0.3 is 0 Å². The number of amides is 1. The van der Waals surface area contributed by atoms with Gasteiger partial charge in [0.15, 0.2) is 0 Å². The Morgan fingerprint density at radius 1 is 1.57 bits per heavy atom. The van der Waals surface area contributed by atoms with Crippen molar-refractivity contribution < 1.29 is 19.0 Å². The number of aliphatic hydroxyl groups is 1. The molecule has 1 amide bonds. The summed E-state index contributed by atoms with van der Waals surface area (Å²) in [6.45, 7) is 1.40. The van der Waals surface area contributed by atoms with Crippen molar-refractivity contribution in [1.29, 1.82) is 0 Å². The second-order valence-electron chi connectivity index (χ2n) is 5.09. The lowest BCUT2D eigenvalue weighted by molar-refractivity contribution is 0.0698. The monoisotopic (exact) mass is 296 g/mol. The third kappa shape index (κ3) is 3.71. The minimum Gasteiger partial charge on any atom is -0.496 e. The number of halogens is 1. The van der Waals surface area contributed by atoms with E-state index in [0.717, 1.165) is 19.4 Å². The van der Waals surface area contributed by atoms with Crippen LogP contribution in [0.25, 0.3) is 0 Å². The van der Waals surface area contributed by atoms with E-state index >= 15 is 0 Å². The molecule has 2 N–H and O–H groups in total. The summed E-state index contributed by atoms with van der Waals surface area (Å²) < 4.78 is 19.1. The molecule has 1 aliphatic rings. The average Bonchev–Trinajstić information content (AvgIpc) is 2.99. The summed E-state index contributed by atoms with van der Waals surface area (Å²) in [4.78, 5) is 14.1. The van der Waals surface area contributed by atoms with Crippen LogP contribution in [0.3, 0.4) is 0 Å². The summed E-state index contributed by atoms with van der Waals surface area (Å²) in [5.41, 5.74) is -0.0774. The van der Waals surface area contributed by atoms with Crippen molar-refractivity contribution in [1.82, 2.24) is 10.2 Å². The molecule has 1 fully saturated rings. The van der Waals surface area contributed by atoms with E-state index in [2.05, 4.69) is 5.32 Å². The highest BCUT2D eigenvalue weighted by molar-refractivity contribution is 5.97. The van der Waals surface area contributed by atoms with Crippen molar-refractivity contribution in [2.45, 2.75) is 18.9 Å². The SMILES string of the molecule is COc1cccc(F)c1C(=O)N(CCO)CC1CCCN1. The van der Waals surface area contributed by atoms with Gasteiger partial charge < -0.3 is 20.1 Å². The molecule has 1 aromatic rings. The summed E-state index contributed by atoms with van der Waals surface area (Å²) in [5, 5.41) is 12.5. The fraction of sp³-hybridized carbons (Fsp3) is 0.533. The Balaban J connectivity index is 2.21. The first-order chi connectivity index (χ1) is 10.2. The molecular formula is C15H21FN2O3. The van der Waals surface area contributed by atoms with Gasteiger partial charge in [-0.2, -0.15) is 0 Å². The first kappa shape index (κ1) is 15.7. The number of nitrogens with one attached hydrogen (secondary N) is 1. The fourth-order valence-corrected chi connectivity index (χ4v) is 2.62. The van der Waals surface area contributed by atoms with Crippen LogP contribution in [0.15, 0.2) is 18.2 Å². The van der Waals surface area contributed by atoms with Crippen LogP contribution in [0, 0.1) is 5.82 Å². The number of hydrogen-bond acceptors (Lipinski definition) is 4. The largest absolute Gasteiger partial charge is 0.496 e. The van der Waals surface area contributed by atoms with E-state index in [1.807, 2.05) is 0 Å². The van der Waals surface area contributed by atoms with Crippen LogP contribution >= 0.6 is 0 Å². The van der Waals surface area contributed by atoms with Crippen LogP contribution in [0.1, 0.15) is 23.2 Å². The third-order valence-corrected chi connectivity index (χ3v) is 3.67. The molecule has 0 bridgehead atoms. The molecule has 0 aliphatic carbocycles. The number of ether oxygens (including phenoxy) is 1. The molecule has 0 spiro atoms. The first-order valence-corrected chi connectivity index (χ1v) is 7.13. The van der Waals surface area contributed by atoms with Crippen molar-refractivity contribution in [3.8, 4) is 5.75 Å². The summed E-state index contributed by atoms with van der Waals surface area (Å²) >= 11 is 0. The molecule has 1 atom stereocenters. The molecule has 0 saturated carbocycles. The molecule has 2 rings (SSSR count). The lowest BCUT2D eigenvalue weighted by Crippen LogP contribution is -2.42. The zero-order chi connectivity index (χ0) is 15.2. The predicted molar refractivity (Wildman–Crippen MR) is 77.0 cm³/mol. The van der Waals surface area contributed by atoms with Gasteiger partial charge in [-0.1, -0.05) is 6.07 Å². The number of hydrogen-bond donors (Lipinski definition) is 2. The summed E-state index contributed by atoms with van der Waals surface area (Å²) in [5.74, 6) is -0.850. The smallest absolute Gasteiger partial charge is 0.260 e. The van der Waals surface area contributed by atoms with E-state index in [9.17, 15) is 9.18 Å². The summed E-state index contributed by atoms with van der Waals surface area (Å²) in [6, 6.07) is 4.49. The molecule has 116 valence electrons. The van der Waals surface area contributed by atoms with Gasteiger partial charge in [0.1, 0.15) is 17.1 Å². The number of nitrogens with zero attached hydrogens (tertiary/aromatic N) is 1. The summed E-state index contributed by atoms with van der Waals surface area (Å²) in [6.07, 6.45) is 2.04. The number of aliphatic hydroxyl groups excluding tert-OH is 1. The quantitative estimate of drug-likeness (QED) is 0.823. The molecule has 1 heterocycles. The second-order valence-corrected chi connectivity index (χ2v) is 5.09. The Labute approximate surface area is 123 Å². The molecular weight excluding hydrogens is 275 g/mol. The molecule has 1 aromatic carbocycles. The van der Waals surface area contributed by atoms with E-state index < -0.39 is 11.7 Å². The molecule has 1 aliphatic heterocycles. The van der Waals surface area contributed by atoms with Crippen molar-refractivity contribution in [2.24, 2.45) is 0 Å². The molecule has 21 heavy (non-hydrogen) atoms. The molecule has 1 unspecified atom stereocenters. The normalized spacial score (nSPS) is 17.8. The van der Waals surface area contributed by atoms with E-state index in [1.165, 1.54) is 24.1 Å². The van der Waals surface area contributed by atoms with Gasteiger partial charge in [-0.15, -0.1) is 0 Å². The van der Waals surface area contributed by atoms with E-state index in [-0.39, 0.29) is 30.5 Å². The van der Waals surface area contributed by atoms with Crippen molar-refractivity contribution in [3.63, 3.8) is 0 Å². The zero-order valence-electron chi connectivity index (χ0n) is 12.1. The average molecular weight is 296 g/mol. The Morgan fingerprint density at radius 3 is 3.00 bits per heavy atom. The van der Waals surface area contributed by atoms with Gasteiger partial charge in [-0.3, -0.25) is 4.79 Å². The maximum atomic E-state index is 14.0. The van der Waals surface area contributed by atoms with Crippen LogP contribution < -0.4 is 10.1 Å². The maximum Gasteiger partial charge on any atom is 0.260 e. The standard InChI is InChI=1S/C15H21FN2O3/c1-21-13-6-2-5-12(16)14(13)15(20)18(8-9-19)10-11-4-3-7-17-11/h2,5-6,11,17,19H,3-4,7-10H2,1H3. The number of carbonyl (C=O) groups excluding carboxylic acids is 1. The number of carbonyl (C=O) groups is 1. The number of methoxy groups -OCH3 is 1. The summed E-state index contributed by atoms with van der Waals surface area (Å²) in [7, 11) is 1.40. The number of rotatable bonds is 6. The highest BCUT2D eigenvalue weighted by Gasteiger charge is 2.26. The molecule has 5 nitrogen and oxygen atoms in total. The molecule has 0 radical (unpaired) electrons. The van der Waals surface area contributed by atoms with Crippen LogP contribution in [0.2, 0.25) is 0 Å². The van der Waals surface area contributed by atoms with Gasteiger partial charge in [0.2, 0.25) is 0 Å². The molecule has 1 saturated heterocycles. The maximum absolute atomic E-state index is 14.0. The first-order valence-electron chi connectivity index (χ1n) is 7.13.